The van der Waals surface area contributed by atoms with Crippen LogP contribution in [0.25, 0.3) is 0 Å². The molecule has 1 N–H and O–H groups in total. The number of rotatable bonds is 2. The lowest BCUT2D eigenvalue weighted by atomic mass is 9.86. The zero-order chi connectivity index (χ0) is 14.3. The van der Waals surface area contributed by atoms with Crippen molar-refractivity contribution in [3.63, 3.8) is 0 Å². The number of carbonyl (C=O) groups is 2. The summed E-state index contributed by atoms with van der Waals surface area (Å²) in [5.41, 5.74) is -1.43. The highest BCUT2D eigenvalue weighted by Gasteiger charge is 2.54. The van der Waals surface area contributed by atoms with Gasteiger partial charge in [-0.1, -0.05) is 25.7 Å². The Labute approximate surface area is 114 Å². The third-order valence-electron chi connectivity index (χ3n) is 4.40. The van der Waals surface area contributed by atoms with Crippen molar-refractivity contribution >= 4 is 11.8 Å². The Morgan fingerprint density at radius 3 is 2.47 bits per heavy atom. The predicted octanol–water partition coefficient (Wildman–Crippen LogP) is 1.45. The number of nitrogens with one attached hydrogen (secondary N) is 1. The van der Waals surface area contributed by atoms with Crippen molar-refractivity contribution < 1.29 is 9.59 Å². The summed E-state index contributed by atoms with van der Waals surface area (Å²) in [6, 6.07) is -0.454. The number of hydrogen-bond acceptors (Lipinski definition) is 2. The monoisotopic (exact) mass is 262 g/mol. The lowest BCUT2D eigenvalue weighted by molar-refractivity contribution is -0.159. The molecule has 19 heavy (non-hydrogen) atoms. The standard InChI is InChI=1S/C15H22N2O2/c1-5-11-12(18)16-15(9-7-8-10-15)13(19)17(11)14(3,4)6-2/h2,11H,5,7-10H2,1,3-4H3,(H,16,18). The summed E-state index contributed by atoms with van der Waals surface area (Å²) >= 11 is 0. The van der Waals surface area contributed by atoms with Crippen molar-refractivity contribution in [1.82, 2.24) is 10.2 Å². The van der Waals surface area contributed by atoms with E-state index in [9.17, 15) is 9.59 Å². The highest BCUT2D eigenvalue weighted by Crippen LogP contribution is 2.37. The summed E-state index contributed by atoms with van der Waals surface area (Å²) in [7, 11) is 0. The van der Waals surface area contributed by atoms with E-state index in [2.05, 4.69) is 11.2 Å². The number of hydrogen-bond donors (Lipinski definition) is 1. The summed E-state index contributed by atoms with van der Waals surface area (Å²) < 4.78 is 0. The van der Waals surface area contributed by atoms with Gasteiger partial charge in [0.2, 0.25) is 11.8 Å². The molecule has 0 aromatic heterocycles. The second kappa shape index (κ2) is 4.56. The smallest absolute Gasteiger partial charge is 0.250 e. The average molecular weight is 262 g/mol. The summed E-state index contributed by atoms with van der Waals surface area (Å²) in [5.74, 6) is 2.59. The van der Waals surface area contributed by atoms with Gasteiger partial charge in [0.1, 0.15) is 11.6 Å². The minimum Gasteiger partial charge on any atom is -0.340 e. The lowest BCUT2D eigenvalue weighted by Crippen LogP contribution is -2.72. The maximum absolute atomic E-state index is 12.9. The van der Waals surface area contributed by atoms with Gasteiger partial charge in [-0.25, -0.2) is 0 Å². The SMILES string of the molecule is C#CC(C)(C)N1C(=O)C2(CCCC2)NC(=O)C1CC. The molecule has 2 fully saturated rings. The molecule has 0 bridgehead atoms. The Morgan fingerprint density at radius 2 is 2.00 bits per heavy atom. The van der Waals surface area contributed by atoms with Crippen LogP contribution in [-0.4, -0.2) is 33.8 Å². The van der Waals surface area contributed by atoms with Gasteiger partial charge in [-0.2, -0.15) is 0 Å². The molecule has 1 spiro atoms. The highest BCUT2D eigenvalue weighted by molar-refractivity contribution is 6.00. The molecule has 1 heterocycles. The molecular formula is C15H22N2O2. The second-order valence-electron chi connectivity index (χ2n) is 6.08. The minimum atomic E-state index is -0.731. The fraction of sp³-hybridized carbons (Fsp3) is 0.733. The molecule has 0 aromatic rings. The molecule has 2 rings (SSSR count). The molecule has 104 valence electrons. The van der Waals surface area contributed by atoms with E-state index in [1.54, 1.807) is 4.90 Å². The maximum atomic E-state index is 12.9. The zero-order valence-corrected chi connectivity index (χ0v) is 12.0. The molecule has 1 unspecified atom stereocenters. The normalized spacial score (nSPS) is 26.4. The predicted molar refractivity (Wildman–Crippen MR) is 73.2 cm³/mol. The Bertz CT molecular complexity index is 442. The van der Waals surface area contributed by atoms with E-state index in [1.807, 2.05) is 20.8 Å². The second-order valence-corrected chi connectivity index (χ2v) is 6.08. The number of terminal acetylenes is 1. The molecule has 1 saturated heterocycles. The molecule has 4 heteroatoms. The molecule has 1 atom stereocenters. The Hall–Kier alpha value is -1.50. The number of carbonyl (C=O) groups excluding carboxylic acids is 2. The summed E-state index contributed by atoms with van der Waals surface area (Å²) in [6.07, 6.45) is 9.57. The van der Waals surface area contributed by atoms with Gasteiger partial charge in [0.15, 0.2) is 0 Å². The third-order valence-corrected chi connectivity index (χ3v) is 4.40. The molecule has 1 aliphatic heterocycles. The number of amides is 2. The average Bonchev–Trinajstić information content (AvgIpc) is 2.82. The van der Waals surface area contributed by atoms with E-state index in [1.165, 1.54) is 0 Å². The van der Waals surface area contributed by atoms with Gasteiger partial charge >= 0.3 is 0 Å². The largest absolute Gasteiger partial charge is 0.340 e. The van der Waals surface area contributed by atoms with Gasteiger partial charge in [-0.15, -0.1) is 6.42 Å². The minimum absolute atomic E-state index is 0.000556. The Kier molecular flexibility index (Phi) is 3.34. The van der Waals surface area contributed by atoms with Crippen LogP contribution in [0.4, 0.5) is 0 Å². The first-order chi connectivity index (χ1) is 8.88. The van der Waals surface area contributed by atoms with Crippen LogP contribution < -0.4 is 5.32 Å². The van der Waals surface area contributed by atoms with Gasteiger partial charge < -0.3 is 10.2 Å². The van der Waals surface area contributed by atoms with Crippen LogP contribution in [0, 0.1) is 12.3 Å². The first-order valence-electron chi connectivity index (χ1n) is 7.01. The van der Waals surface area contributed by atoms with Crippen molar-refractivity contribution in [3.05, 3.63) is 0 Å². The molecule has 2 amide bonds. The van der Waals surface area contributed by atoms with Gasteiger partial charge in [-0.05, 0) is 33.1 Å². The molecule has 1 saturated carbocycles. The highest BCUT2D eigenvalue weighted by atomic mass is 16.2. The number of piperazine rings is 1. The van der Waals surface area contributed by atoms with Crippen LogP contribution in [0.5, 0.6) is 0 Å². The first-order valence-corrected chi connectivity index (χ1v) is 7.01. The third kappa shape index (κ3) is 2.01. The quantitative estimate of drug-likeness (QED) is 0.766. The van der Waals surface area contributed by atoms with Crippen LogP contribution in [0.1, 0.15) is 52.9 Å². The van der Waals surface area contributed by atoms with Crippen LogP contribution in [-0.2, 0) is 9.59 Å². The summed E-state index contributed by atoms with van der Waals surface area (Å²) in [5, 5.41) is 2.97. The van der Waals surface area contributed by atoms with E-state index in [0.717, 1.165) is 25.7 Å². The zero-order valence-electron chi connectivity index (χ0n) is 12.0. The van der Waals surface area contributed by atoms with Gasteiger partial charge in [0.05, 0.1) is 5.54 Å². The summed E-state index contributed by atoms with van der Waals surface area (Å²) in [6.45, 7) is 5.56. The van der Waals surface area contributed by atoms with Gasteiger partial charge in [0, 0.05) is 0 Å². The number of nitrogens with zero attached hydrogens (tertiary/aromatic N) is 1. The Balaban J connectivity index is 2.44. The Morgan fingerprint density at radius 1 is 1.42 bits per heavy atom. The van der Waals surface area contributed by atoms with Crippen molar-refractivity contribution in [2.75, 3.05) is 0 Å². The fourth-order valence-electron chi connectivity index (χ4n) is 3.26. The molecule has 0 radical (unpaired) electrons. The first kappa shape index (κ1) is 13.9. The molecular weight excluding hydrogens is 240 g/mol. The van der Waals surface area contributed by atoms with Crippen molar-refractivity contribution in [2.45, 2.75) is 70.0 Å². The maximum Gasteiger partial charge on any atom is 0.250 e. The van der Waals surface area contributed by atoms with Crippen molar-refractivity contribution in [3.8, 4) is 12.3 Å². The van der Waals surface area contributed by atoms with Crippen LogP contribution in [0.2, 0.25) is 0 Å². The van der Waals surface area contributed by atoms with Gasteiger partial charge in [0.25, 0.3) is 0 Å². The van der Waals surface area contributed by atoms with E-state index in [4.69, 9.17) is 6.42 Å². The van der Waals surface area contributed by atoms with Crippen molar-refractivity contribution in [2.24, 2.45) is 0 Å². The summed E-state index contributed by atoms with van der Waals surface area (Å²) in [4.78, 5) is 26.9. The van der Waals surface area contributed by atoms with Crippen molar-refractivity contribution in [1.29, 1.82) is 0 Å². The van der Waals surface area contributed by atoms with E-state index in [0.29, 0.717) is 6.42 Å². The molecule has 0 aromatic carbocycles. The molecule has 1 aliphatic carbocycles. The molecule has 2 aliphatic rings. The lowest BCUT2D eigenvalue weighted by Gasteiger charge is -2.49. The fourth-order valence-corrected chi connectivity index (χ4v) is 3.26. The van der Waals surface area contributed by atoms with E-state index >= 15 is 0 Å². The van der Waals surface area contributed by atoms with E-state index < -0.39 is 17.1 Å². The van der Waals surface area contributed by atoms with Crippen LogP contribution >= 0.6 is 0 Å². The van der Waals surface area contributed by atoms with Crippen LogP contribution in [0.15, 0.2) is 0 Å². The van der Waals surface area contributed by atoms with E-state index in [-0.39, 0.29) is 11.8 Å². The molecule has 4 nitrogen and oxygen atoms in total. The van der Waals surface area contributed by atoms with Crippen LogP contribution in [0.3, 0.4) is 0 Å². The van der Waals surface area contributed by atoms with Gasteiger partial charge in [-0.3, -0.25) is 9.59 Å². The topological polar surface area (TPSA) is 49.4 Å².